The predicted molar refractivity (Wildman–Crippen MR) is 119 cm³/mol. The zero-order valence-corrected chi connectivity index (χ0v) is 18.1. The number of hydrogen-bond acceptors (Lipinski definition) is 4. The molecule has 0 fully saturated rings. The van der Waals surface area contributed by atoms with Gasteiger partial charge in [0.05, 0.1) is 12.9 Å². The number of para-hydroxylation sites is 1. The monoisotopic (exact) mass is 435 g/mol. The van der Waals surface area contributed by atoms with Crippen LogP contribution in [0, 0.1) is 0 Å². The number of halogens is 2. The van der Waals surface area contributed by atoms with E-state index in [1.165, 1.54) is 0 Å². The first-order valence-corrected chi connectivity index (χ1v) is 9.93. The molecule has 3 aromatic rings. The van der Waals surface area contributed by atoms with Gasteiger partial charge in [0.15, 0.2) is 11.5 Å². The van der Waals surface area contributed by atoms with E-state index < -0.39 is 0 Å². The Morgan fingerprint density at radius 2 is 1.90 bits per heavy atom. The zero-order chi connectivity index (χ0) is 19.6. The normalized spacial score (nSPS) is 10.4. The number of nitrogens with one attached hydrogen (secondary N) is 1. The fraction of sp³-hybridized carbons (Fsp3) is 0.318. The highest BCUT2D eigenvalue weighted by Gasteiger charge is 2.12. The van der Waals surface area contributed by atoms with Gasteiger partial charge in [-0.25, -0.2) is 4.98 Å². The number of nitrogens with zero attached hydrogens (tertiary/aromatic N) is 2. The smallest absolute Gasteiger partial charge is 0.166 e. The molecule has 1 heterocycles. The van der Waals surface area contributed by atoms with Gasteiger partial charge >= 0.3 is 0 Å². The lowest BCUT2D eigenvalue weighted by molar-refractivity contribution is 0.266. The summed E-state index contributed by atoms with van der Waals surface area (Å²) in [5, 5.41) is 4.19. The van der Waals surface area contributed by atoms with Crippen LogP contribution in [-0.4, -0.2) is 22.7 Å². The molecular formula is C22H27Cl2N3O2. The largest absolute Gasteiger partial charge is 0.490 e. The minimum Gasteiger partial charge on any atom is -0.490 e. The molecule has 0 bridgehead atoms. The molecule has 0 amide bonds. The fourth-order valence-corrected chi connectivity index (χ4v) is 3.12. The van der Waals surface area contributed by atoms with Crippen molar-refractivity contribution in [2.45, 2.75) is 33.0 Å². The second-order valence-corrected chi connectivity index (χ2v) is 6.80. The van der Waals surface area contributed by atoms with Crippen LogP contribution in [0.2, 0.25) is 5.02 Å². The van der Waals surface area contributed by atoms with E-state index in [0.29, 0.717) is 24.8 Å². The summed E-state index contributed by atoms with van der Waals surface area (Å²) >= 11 is 6.26. The van der Waals surface area contributed by atoms with Gasteiger partial charge in [-0.05, 0) is 32.0 Å². The molecule has 3 rings (SSSR count). The summed E-state index contributed by atoms with van der Waals surface area (Å²) in [6.45, 7) is 5.52. The molecule has 0 saturated carbocycles. The Hall–Kier alpha value is -2.21. The predicted octanol–water partition coefficient (Wildman–Crippen LogP) is 5.12. The fourth-order valence-electron chi connectivity index (χ4n) is 2.93. The van der Waals surface area contributed by atoms with Gasteiger partial charge < -0.3 is 19.4 Å². The molecule has 0 spiro atoms. The molecule has 0 saturated heterocycles. The summed E-state index contributed by atoms with van der Waals surface area (Å²) in [7, 11) is 0. The molecule has 0 aliphatic carbocycles. The molecule has 29 heavy (non-hydrogen) atoms. The highest BCUT2D eigenvalue weighted by atomic mass is 35.5. The lowest BCUT2D eigenvalue weighted by atomic mass is 10.1. The molecule has 0 aliphatic heterocycles. The maximum absolute atomic E-state index is 6.26. The SMILES string of the molecule is CCOc1cccc(CNCCCn2ccnc2)c1OCc1ccccc1Cl.Cl. The summed E-state index contributed by atoms with van der Waals surface area (Å²) in [5.74, 6) is 1.53. The number of aromatic nitrogens is 2. The van der Waals surface area contributed by atoms with Crippen molar-refractivity contribution in [2.24, 2.45) is 0 Å². The van der Waals surface area contributed by atoms with Crippen LogP contribution < -0.4 is 14.8 Å². The van der Waals surface area contributed by atoms with E-state index in [1.807, 2.05) is 55.8 Å². The third kappa shape index (κ3) is 6.96. The summed E-state index contributed by atoms with van der Waals surface area (Å²) in [5.41, 5.74) is 2.02. The molecule has 7 heteroatoms. The first kappa shape index (κ1) is 23.1. The van der Waals surface area contributed by atoms with Crippen LogP contribution in [0.25, 0.3) is 0 Å². The Morgan fingerprint density at radius 1 is 1.07 bits per heavy atom. The van der Waals surface area contributed by atoms with Crippen LogP contribution in [-0.2, 0) is 19.7 Å². The van der Waals surface area contributed by atoms with Gasteiger partial charge in [-0.1, -0.05) is 41.9 Å². The molecule has 0 aliphatic rings. The third-order valence-corrected chi connectivity index (χ3v) is 4.70. The van der Waals surface area contributed by atoms with Crippen LogP contribution in [0.5, 0.6) is 11.5 Å². The van der Waals surface area contributed by atoms with Gasteiger partial charge in [0.2, 0.25) is 0 Å². The third-order valence-electron chi connectivity index (χ3n) is 4.33. The van der Waals surface area contributed by atoms with Crippen molar-refractivity contribution in [1.82, 2.24) is 14.9 Å². The lowest BCUT2D eigenvalue weighted by Gasteiger charge is -2.17. The van der Waals surface area contributed by atoms with Crippen molar-refractivity contribution in [1.29, 1.82) is 0 Å². The second kappa shape index (κ2) is 12.4. The average molecular weight is 436 g/mol. The van der Waals surface area contributed by atoms with Gasteiger partial charge in [-0.3, -0.25) is 0 Å². The summed E-state index contributed by atoms with van der Waals surface area (Å²) < 4.78 is 14.0. The highest BCUT2D eigenvalue weighted by Crippen LogP contribution is 2.32. The van der Waals surface area contributed by atoms with Crippen molar-refractivity contribution in [3.8, 4) is 11.5 Å². The van der Waals surface area contributed by atoms with Crippen molar-refractivity contribution in [3.63, 3.8) is 0 Å². The molecular weight excluding hydrogens is 409 g/mol. The van der Waals surface area contributed by atoms with Gasteiger partial charge in [0.1, 0.15) is 6.61 Å². The second-order valence-electron chi connectivity index (χ2n) is 6.39. The minimum absolute atomic E-state index is 0. The van der Waals surface area contributed by atoms with Crippen molar-refractivity contribution in [2.75, 3.05) is 13.2 Å². The van der Waals surface area contributed by atoms with Crippen molar-refractivity contribution < 1.29 is 9.47 Å². The van der Waals surface area contributed by atoms with Crippen LogP contribution in [0.1, 0.15) is 24.5 Å². The molecule has 0 radical (unpaired) electrons. The van der Waals surface area contributed by atoms with Gasteiger partial charge in [-0.15, -0.1) is 12.4 Å². The van der Waals surface area contributed by atoms with Gasteiger partial charge in [0.25, 0.3) is 0 Å². The Kier molecular flexibility index (Phi) is 9.84. The van der Waals surface area contributed by atoms with Crippen LogP contribution in [0.4, 0.5) is 0 Å². The zero-order valence-electron chi connectivity index (χ0n) is 16.5. The van der Waals surface area contributed by atoms with Gasteiger partial charge in [0, 0.05) is 41.6 Å². The summed E-state index contributed by atoms with van der Waals surface area (Å²) in [4.78, 5) is 4.06. The molecule has 5 nitrogen and oxygen atoms in total. The van der Waals surface area contributed by atoms with Crippen molar-refractivity contribution >= 4 is 24.0 Å². The minimum atomic E-state index is 0. The quantitative estimate of drug-likeness (QED) is 0.424. The maximum atomic E-state index is 6.26. The van der Waals surface area contributed by atoms with E-state index in [1.54, 1.807) is 6.20 Å². The number of imidazole rings is 1. The topological polar surface area (TPSA) is 48.3 Å². The van der Waals surface area contributed by atoms with Crippen LogP contribution in [0.15, 0.2) is 61.2 Å². The number of hydrogen-bond donors (Lipinski definition) is 1. The Morgan fingerprint density at radius 3 is 2.66 bits per heavy atom. The molecule has 2 aromatic carbocycles. The highest BCUT2D eigenvalue weighted by molar-refractivity contribution is 6.31. The number of aryl methyl sites for hydroxylation is 1. The van der Waals surface area contributed by atoms with E-state index in [9.17, 15) is 0 Å². The molecule has 0 unspecified atom stereocenters. The molecule has 156 valence electrons. The lowest BCUT2D eigenvalue weighted by Crippen LogP contribution is -2.17. The van der Waals surface area contributed by atoms with E-state index in [0.717, 1.165) is 42.1 Å². The Bertz CT molecular complexity index is 857. The summed E-state index contributed by atoms with van der Waals surface area (Å²) in [6.07, 6.45) is 6.64. The summed E-state index contributed by atoms with van der Waals surface area (Å²) in [6, 6.07) is 13.7. The first-order valence-electron chi connectivity index (χ1n) is 9.55. The maximum Gasteiger partial charge on any atom is 0.166 e. The van der Waals surface area contributed by atoms with E-state index in [-0.39, 0.29) is 12.4 Å². The number of benzene rings is 2. The van der Waals surface area contributed by atoms with E-state index in [2.05, 4.69) is 20.9 Å². The van der Waals surface area contributed by atoms with Crippen LogP contribution in [0.3, 0.4) is 0 Å². The standard InChI is InChI=1S/C22H26ClN3O2.ClH/c1-2-27-21-10-5-8-18(15-24-11-6-13-26-14-12-25-17-26)22(21)28-16-19-7-3-4-9-20(19)23;/h3-5,7-10,12,14,17,24H,2,6,11,13,15-16H2,1H3;1H. The van der Waals surface area contributed by atoms with Gasteiger partial charge in [-0.2, -0.15) is 0 Å². The molecule has 0 atom stereocenters. The molecule has 1 N–H and O–H groups in total. The number of rotatable bonds is 11. The van der Waals surface area contributed by atoms with Crippen LogP contribution >= 0.6 is 24.0 Å². The Labute approximate surface area is 183 Å². The number of ether oxygens (including phenoxy) is 2. The first-order chi connectivity index (χ1) is 13.8. The molecule has 1 aromatic heterocycles. The Balaban J connectivity index is 0.00000300. The van der Waals surface area contributed by atoms with E-state index >= 15 is 0 Å². The average Bonchev–Trinajstić information content (AvgIpc) is 3.22. The van der Waals surface area contributed by atoms with Crippen molar-refractivity contribution in [3.05, 3.63) is 77.3 Å². The van der Waals surface area contributed by atoms with E-state index in [4.69, 9.17) is 21.1 Å².